The number of hydrogen-bond donors (Lipinski definition) is 0. The van der Waals surface area contributed by atoms with Crippen molar-refractivity contribution in [3.05, 3.63) is 29.5 Å². The lowest BCUT2D eigenvalue weighted by Gasteiger charge is -2.06. The van der Waals surface area contributed by atoms with E-state index in [0.29, 0.717) is 5.88 Å². The van der Waals surface area contributed by atoms with Gasteiger partial charge in [-0.25, -0.2) is 9.97 Å². The van der Waals surface area contributed by atoms with Crippen LogP contribution in [-0.4, -0.2) is 17.1 Å². The fraction of sp³-hybridized carbons (Fsp3) is 0.333. The second-order valence-electron chi connectivity index (χ2n) is 3.48. The second-order valence-corrected chi connectivity index (χ2v) is 3.48. The summed E-state index contributed by atoms with van der Waals surface area (Å²) >= 11 is 0. The van der Waals surface area contributed by atoms with Gasteiger partial charge in [0.25, 0.3) is 0 Å². The van der Waals surface area contributed by atoms with E-state index in [2.05, 4.69) is 29.9 Å². The van der Waals surface area contributed by atoms with Crippen LogP contribution in [0.25, 0.3) is 11.0 Å². The average molecular weight is 202 g/mol. The van der Waals surface area contributed by atoms with Gasteiger partial charge < -0.3 is 4.74 Å². The first kappa shape index (κ1) is 9.90. The molecule has 0 N–H and O–H groups in total. The minimum Gasteiger partial charge on any atom is -0.480 e. The number of benzene rings is 1. The summed E-state index contributed by atoms with van der Waals surface area (Å²) in [5, 5.41) is 0. The first-order valence-electron chi connectivity index (χ1n) is 5.05. The zero-order valence-electron chi connectivity index (χ0n) is 9.24. The third-order valence-corrected chi connectivity index (χ3v) is 2.65. The molecule has 0 aliphatic rings. The molecule has 0 bridgehead atoms. The number of methoxy groups -OCH3 is 1. The van der Waals surface area contributed by atoms with Gasteiger partial charge in [0.2, 0.25) is 5.88 Å². The van der Waals surface area contributed by atoms with Crippen molar-refractivity contribution in [2.45, 2.75) is 20.3 Å². The van der Waals surface area contributed by atoms with Crippen molar-refractivity contribution >= 4 is 11.0 Å². The number of aryl methyl sites for hydroxylation is 2. The molecular formula is C12H14N2O. The molecule has 3 heteroatoms. The Hall–Kier alpha value is -1.64. The van der Waals surface area contributed by atoms with E-state index < -0.39 is 0 Å². The molecule has 78 valence electrons. The Morgan fingerprint density at radius 2 is 2.13 bits per heavy atom. The molecule has 1 aromatic heterocycles. The van der Waals surface area contributed by atoms with E-state index in [-0.39, 0.29) is 0 Å². The molecule has 1 aromatic carbocycles. The molecule has 0 saturated heterocycles. The van der Waals surface area contributed by atoms with Gasteiger partial charge in [0.15, 0.2) is 0 Å². The van der Waals surface area contributed by atoms with Crippen LogP contribution >= 0.6 is 0 Å². The molecule has 0 atom stereocenters. The molecule has 0 saturated carbocycles. The second kappa shape index (κ2) is 3.85. The maximum Gasteiger partial charge on any atom is 0.232 e. The Labute approximate surface area is 89.1 Å². The molecule has 0 radical (unpaired) electrons. The third-order valence-electron chi connectivity index (χ3n) is 2.65. The van der Waals surface area contributed by atoms with Crippen LogP contribution in [0.3, 0.4) is 0 Å². The van der Waals surface area contributed by atoms with Gasteiger partial charge in [0.05, 0.1) is 24.3 Å². The fourth-order valence-corrected chi connectivity index (χ4v) is 1.73. The van der Waals surface area contributed by atoms with Gasteiger partial charge in [-0.3, -0.25) is 0 Å². The number of ether oxygens (including phenoxy) is 1. The highest BCUT2D eigenvalue weighted by Crippen LogP contribution is 2.20. The Kier molecular flexibility index (Phi) is 2.54. The van der Waals surface area contributed by atoms with Gasteiger partial charge in [0.1, 0.15) is 0 Å². The first-order chi connectivity index (χ1) is 7.26. The molecule has 2 rings (SSSR count). The van der Waals surface area contributed by atoms with Gasteiger partial charge in [-0.15, -0.1) is 0 Å². The maximum atomic E-state index is 5.05. The summed E-state index contributed by atoms with van der Waals surface area (Å²) in [6, 6.07) is 4.10. The van der Waals surface area contributed by atoms with Crippen LogP contribution in [0.15, 0.2) is 18.3 Å². The monoisotopic (exact) mass is 202 g/mol. The topological polar surface area (TPSA) is 35.0 Å². The van der Waals surface area contributed by atoms with E-state index in [4.69, 9.17) is 4.74 Å². The Balaban J connectivity index is 2.68. The van der Waals surface area contributed by atoms with Gasteiger partial charge in [0, 0.05) is 0 Å². The third kappa shape index (κ3) is 1.65. The molecule has 0 aliphatic heterocycles. The number of nitrogens with zero attached hydrogens (tertiary/aromatic N) is 2. The van der Waals surface area contributed by atoms with Crippen LogP contribution < -0.4 is 4.74 Å². The van der Waals surface area contributed by atoms with Crippen molar-refractivity contribution in [1.29, 1.82) is 0 Å². The highest BCUT2D eigenvalue weighted by atomic mass is 16.5. The smallest absolute Gasteiger partial charge is 0.232 e. The number of rotatable bonds is 2. The largest absolute Gasteiger partial charge is 0.480 e. The van der Waals surface area contributed by atoms with Crippen LogP contribution in [0.4, 0.5) is 0 Å². The minimum absolute atomic E-state index is 0.561. The quantitative estimate of drug-likeness (QED) is 0.750. The van der Waals surface area contributed by atoms with Crippen LogP contribution in [0.2, 0.25) is 0 Å². The van der Waals surface area contributed by atoms with Gasteiger partial charge in [-0.1, -0.05) is 13.0 Å². The number of fused-ring (bicyclic) bond motifs is 1. The molecular weight excluding hydrogens is 188 g/mol. The number of hydrogen-bond acceptors (Lipinski definition) is 3. The summed E-state index contributed by atoms with van der Waals surface area (Å²) < 4.78 is 5.05. The van der Waals surface area contributed by atoms with Crippen LogP contribution in [0.5, 0.6) is 5.88 Å². The highest BCUT2D eigenvalue weighted by molar-refractivity contribution is 5.79. The summed E-state index contributed by atoms with van der Waals surface area (Å²) in [7, 11) is 1.60. The van der Waals surface area contributed by atoms with Gasteiger partial charge in [-0.2, -0.15) is 0 Å². The van der Waals surface area contributed by atoms with E-state index in [1.807, 2.05) is 6.07 Å². The van der Waals surface area contributed by atoms with Crippen LogP contribution in [-0.2, 0) is 6.42 Å². The summed E-state index contributed by atoms with van der Waals surface area (Å²) in [5.74, 6) is 0.561. The van der Waals surface area contributed by atoms with Crippen molar-refractivity contribution < 1.29 is 4.74 Å². The molecule has 0 amide bonds. The van der Waals surface area contributed by atoms with Crippen molar-refractivity contribution in [3.8, 4) is 5.88 Å². The van der Waals surface area contributed by atoms with Crippen molar-refractivity contribution in [2.75, 3.05) is 7.11 Å². The predicted octanol–water partition coefficient (Wildman–Crippen LogP) is 2.51. The van der Waals surface area contributed by atoms with Crippen molar-refractivity contribution in [2.24, 2.45) is 0 Å². The Bertz CT molecular complexity index is 494. The van der Waals surface area contributed by atoms with Gasteiger partial charge in [-0.05, 0) is 30.5 Å². The molecule has 0 aliphatic carbocycles. The molecule has 3 nitrogen and oxygen atoms in total. The van der Waals surface area contributed by atoms with E-state index >= 15 is 0 Å². The normalized spacial score (nSPS) is 10.6. The van der Waals surface area contributed by atoms with Crippen molar-refractivity contribution in [1.82, 2.24) is 9.97 Å². The summed E-state index contributed by atoms with van der Waals surface area (Å²) in [6.45, 7) is 4.23. The van der Waals surface area contributed by atoms with E-state index in [1.165, 1.54) is 11.1 Å². The van der Waals surface area contributed by atoms with Crippen LogP contribution in [0, 0.1) is 6.92 Å². The standard InChI is InChI=1S/C12H14N2O/c1-4-9-5-6-10-12(8(9)2)13-7-11(14-10)15-3/h5-7H,4H2,1-3H3. The molecule has 0 fully saturated rings. The lowest BCUT2D eigenvalue weighted by molar-refractivity contribution is 0.397. The predicted molar refractivity (Wildman–Crippen MR) is 60.2 cm³/mol. The van der Waals surface area contributed by atoms with Gasteiger partial charge >= 0.3 is 0 Å². The molecule has 0 spiro atoms. The first-order valence-corrected chi connectivity index (χ1v) is 5.05. The SMILES string of the molecule is CCc1ccc2nc(OC)cnc2c1C. The zero-order chi connectivity index (χ0) is 10.8. The summed E-state index contributed by atoms with van der Waals surface area (Å²) in [6.07, 6.45) is 2.68. The fourth-order valence-electron chi connectivity index (χ4n) is 1.73. The number of aromatic nitrogens is 2. The minimum atomic E-state index is 0.561. The highest BCUT2D eigenvalue weighted by Gasteiger charge is 2.05. The Morgan fingerprint density at radius 1 is 1.33 bits per heavy atom. The van der Waals surface area contributed by atoms with E-state index in [0.717, 1.165) is 17.5 Å². The van der Waals surface area contributed by atoms with Crippen LogP contribution in [0.1, 0.15) is 18.1 Å². The Morgan fingerprint density at radius 3 is 2.80 bits per heavy atom. The summed E-state index contributed by atoms with van der Waals surface area (Å²) in [5.41, 5.74) is 4.39. The average Bonchev–Trinajstić information content (AvgIpc) is 2.29. The molecule has 0 unspecified atom stereocenters. The molecule has 15 heavy (non-hydrogen) atoms. The maximum absolute atomic E-state index is 5.05. The summed E-state index contributed by atoms with van der Waals surface area (Å²) in [4.78, 5) is 8.72. The lowest BCUT2D eigenvalue weighted by Crippen LogP contribution is -1.95. The zero-order valence-corrected chi connectivity index (χ0v) is 9.24. The molecule has 1 heterocycles. The van der Waals surface area contributed by atoms with E-state index in [9.17, 15) is 0 Å². The molecule has 2 aromatic rings. The lowest BCUT2D eigenvalue weighted by atomic mass is 10.0. The van der Waals surface area contributed by atoms with Crippen molar-refractivity contribution in [3.63, 3.8) is 0 Å². The van der Waals surface area contributed by atoms with E-state index in [1.54, 1.807) is 13.3 Å².